The second-order valence-electron chi connectivity index (χ2n) is 0. The third kappa shape index (κ3) is 9.19. The van der Waals surface area contributed by atoms with E-state index in [1.807, 2.05) is 0 Å². The molecule has 0 saturated carbocycles. The molecule has 0 aromatic heterocycles. The van der Waals surface area contributed by atoms with E-state index < -0.39 is 0 Å². The Morgan fingerprint density at radius 2 is 0.500 bits per heavy atom. The number of rotatable bonds is 0. The van der Waals surface area contributed by atoms with Crippen LogP contribution in [-0.2, 0) is 0 Å². The molecule has 0 fully saturated rings. The van der Waals surface area contributed by atoms with Gasteiger partial charge in [0.2, 0.25) is 0 Å². The molecule has 27 valence electrons. The molecule has 0 atom stereocenters. The van der Waals surface area contributed by atoms with Gasteiger partial charge in [0.05, 0.1) is 0 Å². The predicted octanol–water partition coefficient (Wildman–Crippen LogP) is -2.75. The summed E-state index contributed by atoms with van der Waals surface area (Å²) in [5.41, 5.74) is 0. The topological polar surface area (TPSA) is 0 Å². The van der Waals surface area contributed by atoms with Gasteiger partial charge in [-0.3, -0.25) is 0 Å². The predicted molar refractivity (Wildman–Crippen MR) is 25.6 cm³/mol. The second-order valence-corrected chi connectivity index (χ2v) is 0. The van der Waals surface area contributed by atoms with E-state index >= 15 is 0 Å². The Labute approximate surface area is 108 Å². The van der Waals surface area contributed by atoms with Crippen molar-refractivity contribution in [2.24, 2.45) is 0 Å². The average molecular weight is 521 g/mol. The Morgan fingerprint density at radius 3 is 0.500 bits per heavy atom. The first kappa shape index (κ1) is 25.3. The van der Waals surface area contributed by atoms with E-state index in [9.17, 15) is 0 Å². The van der Waals surface area contributed by atoms with Gasteiger partial charge in [-0.15, -0.1) is 0 Å². The molecule has 7 radical (unpaired) electrons. The van der Waals surface area contributed by atoms with Crippen LogP contribution in [0.25, 0.3) is 0 Å². The van der Waals surface area contributed by atoms with E-state index in [4.69, 9.17) is 0 Å². The standard InChI is InChI=1S/3Sn.Tb.6H. The average Bonchev–Trinajstić information content (AvgIpc) is 0. The summed E-state index contributed by atoms with van der Waals surface area (Å²) in [4.78, 5) is 0. The molecular formula is H6Sn3Tb. The molecule has 0 aliphatic carbocycles. The van der Waals surface area contributed by atoms with Crippen LogP contribution in [0.2, 0.25) is 0 Å². The van der Waals surface area contributed by atoms with Crippen molar-refractivity contribution >= 4 is 71.7 Å². The fourth-order valence-corrected chi connectivity index (χ4v) is 0. The van der Waals surface area contributed by atoms with E-state index in [1.165, 1.54) is 0 Å². The van der Waals surface area contributed by atoms with Gasteiger partial charge >= 0.3 is 71.7 Å². The van der Waals surface area contributed by atoms with Gasteiger partial charge in [0.1, 0.15) is 0 Å². The van der Waals surface area contributed by atoms with E-state index in [2.05, 4.69) is 0 Å². The Balaban J connectivity index is 0. The molecule has 0 amide bonds. The molecule has 0 N–H and O–H groups in total. The fourth-order valence-electron chi connectivity index (χ4n) is 0. The van der Waals surface area contributed by atoms with Crippen molar-refractivity contribution in [1.29, 1.82) is 0 Å². The van der Waals surface area contributed by atoms with Gasteiger partial charge in [-0.2, -0.15) is 0 Å². The van der Waals surface area contributed by atoms with Gasteiger partial charge in [-0.1, -0.05) is 0 Å². The third-order valence-electron chi connectivity index (χ3n) is 0. The Hall–Kier alpha value is 3.68. The van der Waals surface area contributed by atoms with Gasteiger partial charge < -0.3 is 0 Å². The SMILES string of the molecule is [SnH2].[SnH2].[SnH2].[Tb]. The quantitative estimate of drug-likeness (QED) is 0.304. The van der Waals surface area contributed by atoms with Gasteiger partial charge in [0.15, 0.2) is 0 Å². The zero-order valence-electron chi connectivity index (χ0n) is 2.45. The molecule has 0 aromatic rings. The van der Waals surface area contributed by atoms with Gasteiger partial charge in [0, 0.05) is 38.6 Å². The van der Waals surface area contributed by atoms with Crippen LogP contribution in [0.5, 0.6) is 0 Å². The van der Waals surface area contributed by atoms with Crippen molar-refractivity contribution in [3.05, 3.63) is 0 Å². The maximum atomic E-state index is 0. The molecule has 0 unspecified atom stereocenters. The Bertz CT molecular complexity index is 3.25. The molecule has 0 aromatic carbocycles. The van der Waals surface area contributed by atoms with Crippen molar-refractivity contribution in [3.63, 3.8) is 0 Å². The van der Waals surface area contributed by atoms with Crippen molar-refractivity contribution in [1.82, 2.24) is 0 Å². The van der Waals surface area contributed by atoms with Gasteiger partial charge in [-0.05, 0) is 0 Å². The monoisotopic (exact) mass is 525 g/mol. The summed E-state index contributed by atoms with van der Waals surface area (Å²) in [5.74, 6) is 0. The fraction of sp³-hybridized carbons (Fsp3) is 0. The first-order chi connectivity index (χ1) is 0. The molecule has 0 saturated heterocycles. The van der Waals surface area contributed by atoms with Crippen molar-refractivity contribution in [2.45, 2.75) is 0 Å². The van der Waals surface area contributed by atoms with E-state index in [0.717, 1.165) is 0 Å². The first-order valence-corrected chi connectivity index (χ1v) is 0. The van der Waals surface area contributed by atoms with Crippen LogP contribution >= 0.6 is 0 Å². The third-order valence-corrected chi connectivity index (χ3v) is 0. The normalized spacial score (nSPS) is 0. The zero-order chi connectivity index (χ0) is 0. The summed E-state index contributed by atoms with van der Waals surface area (Å²) in [6, 6.07) is 0. The van der Waals surface area contributed by atoms with Crippen LogP contribution in [0, 0.1) is 38.6 Å². The molecule has 0 heterocycles. The summed E-state index contributed by atoms with van der Waals surface area (Å²) in [6.07, 6.45) is 0. The van der Waals surface area contributed by atoms with Gasteiger partial charge in [-0.25, -0.2) is 0 Å². The first-order valence-electron chi connectivity index (χ1n) is 0. The largest absolute Gasteiger partial charge is 0 e. The summed E-state index contributed by atoms with van der Waals surface area (Å²) >= 11 is 0. The van der Waals surface area contributed by atoms with E-state index in [1.54, 1.807) is 0 Å². The van der Waals surface area contributed by atoms with Crippen molar-refractivity contribution in [2.75, 3.05) is 0 Å². The molecular weight excluding hydrogens is 515 g/mol. The van der Waals surface area contributed by atoms with Crippen LogP contribution in [0.15, 0.2) is 0 Å². The van der Waals surface area contributed by atoms with Crippen LogP contribution in [0.3, 0.4) is 0 Å². The van der Waals surface area contributed by atoms with Crippen molar-refractivity contribution < 1.29 is 38.6 Å². The van der Waals surface area contributed by atoms with E-state index in [0.29, 0.717) is 0 Å². The summed E-state index contributed by atoms with van der Waals surface area (Å²) < 4.78 is 0. The van der Waals surface area contributed by atoms with Crippen LogP contribution in [0.1, 0.15) is 0 Å². The molecule has 0 nitrogen and oxygen atoms in total. The van der Waals surface area contributed by atoms with Crippen LogP contribution in [0.4, 0.5) is 0 Å². The summed E-state index contributed by atoms with van der Waals surface area (Å²) in [5, 5.41) is 0. The summed E-state index contributed by atoms with van der Waals surface area (Å²) in [7, 11) is 0. The zero-order valence-corrected chi connectivity index (χ0v) is 16.7. The van der Waals surface area contributed by atoms with E-state index in [-0.39, 0.29) is 110 Å². The van der Waals surface area contributed by atoms with Crippen molar-refractivity contribution in [3.8, 4) is 0 Å². The minimum absolute atomic E-state index is 0. The number of hydrogen-bond donors (Lipinski definition) is 0. The van der Waals surface area contributed by atoms with Gasteiger partial charge in [0.25, 0.3) is 0 Å². The molecule has 0 aliphatic rings. The number of hydrogen-bond acceptors (Lipinski definition) is 0. The maximum Gasteiger partial charge on any atom is 0 e. The molecule has 4 heavy (non-hydrogen) atoms. The molecule has 0 spiro atoms. The molecule has 4 heteroatoms. The minimum Gasteiger partial charge on any atom is 0 e. The molecule has 0 aliphatic heterocycles. The summed E-state index contributed by atoms with van der Waals surface area (Å²) in [6.45, 7) is 0. The molecule has 0 bridgehead atoms. The minimum atomic E-state index is 0. The smallest absolute Gasteiger partial charge is 0 e. The van der Waals surface area contributed by atoms with Crippen LogP contribution < -0.4 is 0 Å². The van der Waals surface area contributed by atoms with Crippen LogP contribution in [-0.4, -0.2) is 71.7 Å². The second kappa shape index (κ2) is 15.9. The Morgan fingerprint density at radius 1 is 0.500 bits per heavy atom. The Kier molecular flexibility index (Phi) is 101. The molecule has 0 rings (SSSR count). The maximum absolute atomic E-state index is 0.